The fourth-order valence-corrected chi connectivity index (χ4v) is 3.99. The predicted molar refractivity (Wildman–Crippen MR) is 98.3 cm³/mol. The summed E-state index contributed by atoms with van der Waals surface area (Å²) in [6, 6.07) is 9.91. The Morgan fingerprint density at radius 3 is 2.46 bits per heavy atom. The summed E-state index contributed by atoms with van der Waals surface area (Å²) in [7, 11) is 0. The summed E-state index contributed by atoms with van der Waals surface area (Å²) in [4.78, 5) is 17.0. The maximum absolute atomic E-state index is 12.6. The maximum Gasteiger partial charge on any atom is 0.247 e. The minimum absolute atomic E-state index is 0.0720. The smallest absolute Gasteiger partial charge is 0.247 e. The highest BCUT2D eigenvalue weighted by Crippen LogP contribution is 2.29. The molecule has 0 bridgehead atoms. The topological polar surface area (TPSA) is 62.5 Å². The number of benzene rings is 1. The highest BCUT2D eigenvalue weighted by molar-refractivity contribution is 5.79. The molecule has 2 aliphatic heterocycles. The third kappa shape index (κ3) is 3.51. The Kier molecular flexibility index (Phi) is 5.02. The van der Waals surface area contributed by atoms with E-state index in [-0.39, 0.29) is 12.0 Å². The number of rotatable bonds is 4. The van der Waals surface area contributed by atoms with E-state index in [1.807, 2.05) is 35.2 Å². The number of hydrogen-bond acceptors (Lipinski definition) is 5. The van der Waals surface area contributed by atoms with Gasteiger partial charge in [0, 0.05) is 24.6 Å². The summed E-state index contributed by atoms with van der Waals surface area (Å²) in [5, 5.41) is 8.45. The molecule has 6 heteroatoms. The Hall–Kier alpha value is -2.21. The zero-order valence-corrected chi connectivity index (χ0v) is 15.3. The number of carbonyl (C=O) groups excluding carboxylic acids is 1. The van der Waals surface area contributed by atoms with Gasteiger partial charge in [0.25, 0.3) is 0 Å². The van der Waals surface area contributed by atoms with Crippen LogP contribution in [0.3, 0.4) is 0 Å². The van der Waals surface area contributed by atoms with Gasteiger partial charge in [-0.3, -0.25) is 9.69 Å². The lowest BCUT2D eigenvalue weighted by Gasteiger charge is -2.35. The van der Waals surface area contributed by atoms with Gasteiger partial charge in [0.1, 0.15) is 0 Å². The van der Waals surface area contributed by atoms with Gasteiger partial charge in [-0.15, -0.1) is 10.2 Å². The van der Waals surface area contributed by atoms with Gasteiger partial charge in [0.2, 0.25) is 17.7 Å². The summed E-state index contributed by atoms with van der Waals surface area (Å²) in [6.45, 7) is 5.78. The van der Waals surface area contributed by atoms with E-state index in [1.54, 1.807) is 0 Å². The standard InChI is InChI=1S/C20H26N4O2/c1-15(18-21-22-19(26-18)16-7-3-2-4-8-16)23-13-9-17(10-14-23)20(25)24-11-5-6-12-24/h2-4,7-8,15,17H,5-6,9-14H2,1H3. The molecule has 1 atom stereocenters. The molecule has 0 radical (unpaired) electrons. The summed E-state index contributed by atoms with van der Waals surface area (Å²) in [5.74, 6) is 1.75. The lowest BCUT2D eigenvalue weighted by molar-refractivity contribution is -0.136. The molecular weight excluding hydrogens is 328 g/mol. The van der Waals surface area contributed by atoms with Crippen LogP contribution in [0, 0.1) is 5.92 Å². The fourth-order valence-electron chi connectivity index (χ4n) is 3.99. The van der Waals surface area contributed by atoms with Gasteiger partial charge in [-0.1, -0.05) is 18.2 Å². The number of piperidine rings is 1. The third-order valence-corrected chi connectivity index (χ3v) is 5.66. The molecule has 138 valence electrons. The first-order chi connectivity index (χ1) is 12.7. The van der Waals surface area contributed by atoms with Crippen molar-refractivity contribution in [2.24, 2.45) is 5.92 Å². The van der Waals surface area contributed by atoms with Crippen LogP contribution < -0.4 is 0 Å². The van der Waals surface area contributed by atoms with Gasteiger partial charge in [-0.2, -0.15) is 0 Å². The van der Waals surface area contributed by atoms with Crippen LogP contribution >= 0.6 is 0 Å². The van der Waals surface area contributed by atoms with E-state index in [4.69, 9.17) is 4.42 Å². The summed E-state index contributed by atoms with van der Waals surface area (Å²) >= 11 is 0. The van der Waals surface area contributed by atoms with Crippen LogP contribution in [0.25, 0.3) is 11.5 Å². The molecule has 1 aromatic heterocycles. The van der Waals surface area contributed by atoms with Crippen molar-refractivity contribution < 1.29 is 9.21 Å². The van der Waals surface area contributed by atoms with E-state index in [1.165, 1.54) is 0 Å². The van der Waals surface area contributed by atoms with Gasteiger partial charge < -0.3 is 9.32 Å². The summed E-state index contributed by atoms with van der Waals surface area (Å²) in [5.41, 5.74) is 0.938. The molecule has 1 amide bonds. The number of nitrogens with zero attached hydrogens (tertiary/aromatic N) is 4. The van der Waals surface area contributed by atoms with Crippen LogP contribution in [0.5, 0.6) is 0 Å². The second-order valence-corrected chi connectivity index (χ2v) is 7.33. The number of likely N-dealkylation sites (tertiary alicyclic amines) is 2. The van der Waals surface area contributed by atoms with E-state index in [0.717, 1.165) is 57.4 Å². The van der Waals surface area contributed by atoms with E-state index in [2.05, 4.69) is 22.0 Å². The van der Waals surface area contributed by atoms with Gasteiger partial charge in [-0.25, -0.2) is 0 Å². The van der Waals surface area contributed by atoms with Crippen molar-refractivity contribution in [2.45, 2.75) is 38.6 Å². The van der Waals surface area contributed by atoms with Crippen molar-refractivity contribution in [1.82, 2.24) is 20.0 Å². The number of aromatic nitrogens is 2. The average molecular weight is 354 g/mol. The maximum atomic E-state index is 12.6. The minimum Gasteiger partial charge on any atom is -0.419 e. The Morgan fingerprint density at radius 2 is 1.77 bits per heavy atom. The highest BCUT2D eigenvalue weighted by Gasteiger charge is 2.32. The van der Waals surface area contributed by atoms with Crippen molar-refractivity contribution in [2.75, 3.05) is 26.2 Å². The number of hydrogen-bond donors (Lipinski definition) is 0. The molecular formula is C20H26N4O2. The predicted octanol–water partition coefficient (Wildman–Crippen LogP) is 3.13. The molecule has 2 saturated heterocycles. The van der Waals surface area contributed by atoms with Crippen LogP contribution in [0.15, 0.2) is 34.7 Å². The SMILES string of the molecule is CC(c1nnc(-c2ccccc2)o1)N1CCC(C(=O)N2CCCC2)CC1. The molecule has 1 unspecified atom stereocenters. The van der Waals surface area contributed by atoms with Crippen molar-refractivity contribution >= 4 is 5.91 Å². The van der Waals surface area contributed by atoms with Gasteiger partial charge in [-0.05, 0) is 57.8 Å². The van der Waals surface area contributed by atoms with Crippen LogP contribution in [0.2, 0.25) is 0 Å². The Bertz CT molecular complexity index is 731. The van der Waals surface area contributed by atoms with E-state index < -0.39 is 0 Å². The molecule has 1 aromatic carbocycles. The molecule has 0 saturated carbocycles. The lowest BCUT2D eigenvalue weighted by atomic mass is 9.94. The minimum atomic E-state index is 0.0720. The zero-order chi connectivity index (χ0) is 17.9. The zero-order valence-electron chi connectivity index (χ0n) is 15.3. The Morgan fingerprint density at radius 1 is 1.08 bits per heavy atom. The van der Waals surface area contributed by atoms with Gasteiger partial charge in [0.05, 0.1) is 6.04 Å². The van der Waals surface area contributed by atoms with Crippen molar-refractivity contribution in [3.8, 4) is 11.5 Å². The van der Waals surface area contributed by atoms with E-state index >= 15 is 0 Å². The monoisotopic (exact) mass is 354 g/mol. The normalized spacial score (nSPS) is 20.4. The Labute approximate surface area is 154 Å². The largest absolute Gasteiger partial charge is 0.419 e. The first-order valence-electron chi connectivity index (χ1n) is 9.64. The fraction of sp³-hybridized carbons (Fsp3) is 0.550. The van der Waals surface area contributed by atoms with E-state index in [9.17, 15) is 4.79 Å². The lowest BCUT2D eigenvalue weighted by Crippen LogP contribution is -2.42. The van der Waals surface area contributed by atoms with E-state index in [0.29, 0.717) is 17.7 Å². The van der Waals surface area contributed by atoms with Crippen LogP contribution in [-0.2, 0) is 4.79 Å². The Balaban J connectivity index is 1.36. The van der Waals surface area contributed by atoms with Crippen LogP contribution in [-0.4, -0.2) is 52.1 Å². The molecule has 2 aliphatic rings. The summed E-state index contributed by atoms with van der Waals surface area (Å²) in [6.07, 6.45) is 4.14. The van der Waals surface area contributed by atoms with Crippen molar-refractivity contribution in [3.05, 3.63) is 36.2 Å². The molecule has 0 spiro atoms. The quantitative estimate of drug-likeness (QED) is 0.844. The molecule has 0 aliphatic carbocycles. The second kappa shape index (κ2) is 7.58. The molecule has 0 N–H and O–H groups in total. The first kappa shape index (κ1) is 17.2. The molecule has 4 rings (SSSR count). The third-order valence-electron chi connectivity index (χ3n) is 5.66. The molecule has 26 heavy (non-hydrogen) atoms. The van der Waals surface area contributed by atoms with Crippen molar-refractivity contribution in [3.63, 3.8) is 0 Å². The average Bonchev–Trinajstić information content (AvgIpc) is 3.40. The first-order valence-corrected chi connectivity index (χ1v) is 9.64. The van der Waals surface area contributed by atoms with Gasteiger partial charge in [0.15, 0.2) is 0 Å². The number of carbonyl (C=O) groups is 1. The van der Waals surface area contributed by atoms with Crippen LogP contribution in [0.4, 0.5) is 0 Å². The molecule has 6 nitrogen and oxygen atoms in total. The molecule has 2 fully saturated rings. The van der Waals surface area contributed by atoms with Crippen LogP contribution in [0.1, 0.15) is 44.5 Å². The second-order valence-electron chi connectivity index (χ2n) is 7.33. The highest BCUT2D eigenvalue weighted by atomic mass is 16.4. The summed E-state index contributed by atoms with van der Waals surface area (Å²) < 4.78 is 5.90. The molecule has 3 heterocycles. The molecule has 2 aromatic rings. The van der Waals surface area contributed by atoms with Gasteiger partial charge >= 0.3 is 0 Å². The number of amides is 1. The van der Waals surface area contributed by atoms with Crippen molar-refractivity contribution in [1.29, 1.82) is 0 Å².